The van der Waals surface area contributed by atoms with E-state index in [9.17, 15) is 13.2 Å². The quantitative estimate of drug-likeness (QED) is 0.392. The van der Waals surface area contributed by atoms with Gasteiger partial charge in [-0.25, -0.2) is 13.1 Å². The van der Waals surface area contributed by atoms with Crippen LogP contribution >= 0.6 is 11.6 Å². The number of carbonyl (C=O) groups excluding carboxylic acids is 1. The van der Waals surface area contributed by atoms with E-state index >= 15 is 0 Å². The molecule has 1 amide bonds. The van der Waals surface area contributed by atoms with Gasteiger partial charge in [0, 0.05) is 12.1 Å². The molecule has 6 nitrogen and oxygen atoms in total. The molecular formula is C26H29ClN2O4S. The molecule has 34 heavy (non-hydrogen) atoms. The Balaban J connectivity index is 1.51. The second kappa shape index (κ2) is 12.0. The predicted molar refractivity (Wildman–Crippen MR) is 134 cm³/mol. The first-order valence-electron chi connectivity index (χ1n) is 11.1. The van der Waals surface area contributed by atoms with Crippen molar-refractivity contribution in [2.75, 3.05) is 6.61 Å². The molecule has 0 unspecified atom stereocenters. The van der Waals surface area contributed by atoms with Gasteiger partial charge in [-0.15, -0.1) is 0 Å². The van der Waals surface area contributed by atoms with E-state index in [2.05, 4.69) is 22.2 Å². The van der Waals surface area contributed by atoms with E-state index in [0.717, 1.165) is 18.4 Å². The lowest BCUT2D eigenvalue weighted by Crippen LogP contribution is -2.36. The summed E-state index contributed by atoms with van der Waals surface area (Å²) in [6, 6.07) is 23.1. The summed E-state index contributed by atoms with van der Waals surface area (Å²) in [5, 5.41) is 3.01. The van der Waals surface area contributed by atoms with Gasteiger partial charge in [0.25, 0.3) is 5.91 Å². The maximum absolute atomic E-state index is 12.8. The zero-order valence-corrected chi connectivity index (χ0v) is 20.8. The van der Waals surface area contributed by atoms with Gasteiger partial charge in [-0.1, -0.05) is 72.3 Å². The SMILES string of the molecule is C[C@H](NS(=O)(=O)c1ccc(OCC(=O)N[C@@H](C)CCc2ccccc2)c(Cl)c1)c1ccccc1. The fourth-order valence-corrected chi connectivity index (χ4v) is 4.99. The summed E-state index contributed by atoms with van der Waals surface area (Å²) in [5.74, 6) is -0.0320. The number of amides is 1. The first-order valence-corrected chi connectivity index (χ1v) is 12.9. The van der Waals surface area contributed by atoms with Gasteiger partial charge in [0.1, 0.15) is 5.75 Å². The molecule has 0 radical (unpaired) electrons. The van der Waals surface area contributed by atoms with Gasteiger partial charge < -0.3 is 10.1 Å². The van der Waals surface area contributed by atoms with Crippen LogP contribution in [0.25, 0.3) is 0 Å². The minimum atomic E-state index is -3.79. The van der Waals surface area contributed by atoms with Gasteiger partial charge in [-0.2, -0.15) is 0 Å². The number of nitrogens with one attached hydrogen (secondary N) is 2. The van der Waals surface area contributed by atoms with Crippen molar-refractivity contribution < 1.29 is 17.9 Å². The summed E-state index contributed by atoms with van der Waals surface area (Å²) in [6.45, 7) is 3.49. The van der Waals surface area contributed by atoms with Crippen LogP contribution in [0, 0.1) is 0 Å². The fourth-order valence-electron chi connectivity index (χ4n) is 3.44. The van der Waals surface area contributed by atoms with Crippen LogP contribution in [0.4, 0.5) is 0 Å². The van der Waals surface area contributed by atoms with Crippen molar-refractivity contribution in [1.29, 1.82) is 0 Å². The van der Waals surface area contributed by atoms with Crippen molar-refractivity contribution >= 4 is 27.5 Å². The van der Waals surface area contributed by atoms with Gasteiger partial charge in [0.05, 0.1) is 9.92 Å². The molecule has 0 aromatic heterocycles. The van der Waals surface area contributed by atoms with E-state index in [1.165, 1.54) is 23.8 Å². The maximum Gasteiger partial charge on any atom is 0.258 e. The van der Waals surface area contributed by atoms with Crippen LogP contribution in [-0.4, -0.2) is 27.0 Å². The van der Waals surface area contributed by atoms with Crippen molar-refractivity contribution in [2.24, 2.45) is 0 Å². The van der Waals surface area contributed by atoms with Crippen molar-refractivity contribution in [1.82, 2.24) is 10.0 Å². The molecular weight excluding hydrogens is 472 g/mol. The summed E-state index contributed by atoms with van der Waals surface area (Å²) >= 11 is 6.25. The van der Waals surface area contributed by atoms with Crippen LogP contribution in [0.5, 0.6) is 5.75 Å². The number of benzene rings is 3. The Kier molecular flexibility index (Phi) is 9.10. The molecule has 0 bridgehead atoms. The van der Waals surface area contributed by atoms with Crippen molar-refractivity contribution in [3.63, 3.8) is 0 Å². The maximum atomic E-state index is 12.8. The number of sulfonamides is 1. The largest absolute Gasteiger partial charge is 0.482 e. The first kappa shape index (κ1) is 25.7. The minimum absolute atomic E-state index is 0.0167. The standard InChI is InChI=1S/C26H29ClN2O4S/c1-19(13-14-21-9-5-3-6-10-21)28-26(30)18-33-25-16-15-23(17-24(25)27)34(31,32)29-20(2)22-11-7-4-8-12-22/h3-12,15-17,19-20,29H,13-14,18H2,1-2H3,(H,28,30)/t19-,20-/m0/s1. The summed E-state index contributed by atoms with van der Waals surface area (Å²) in [7, 11) is -3.79. The van der Waals surface area contributed by atoms with Crippen molar-refractivity contribution in [3.05, 3.63) is 95.0 Å². The van der Waals surface area contributed by atoms with Gasteiger partial charge in [-0.3, -0.25) is 4.79 Å². The van der Waals surface area contributed by atoms with Gasteiger partial charge in [0.2, 0.25) is 10.0 Å². The van der Waals surface area contributed by atoms with Crippen LogP contribution < -0.4 is 14.8 Å². The Hall–Kier alpha value is -2.87. The molecule has 180 valence electrons. The Bertz CT molecular complexity index is 1190. The van der Waals surface area contributed by atoms with E-state index in [0.29, 0.717) is 0 Å². The number of hydrogen-bond acceptors (Lipinski definition) is 4. The van der Waals surface area contributed by atoms with E-state index in [4.69, 9.17) is 16.3 Å². The van der Waals surface area contributed by atoms with Gasteiger partial charge in [0.15, 0.2) is 6.61 Å². The average molecular weight is 501 g/mol. The molecule has 0 saturated heterocycles. The minimum Gasteiger partial charge on any atom is -0.482 e. The monoisotopic (exact) mass is 500 g/mol. The van der Waals surface area contributed by atoms with Gasteiger partial charge >= 0.3 is 0 Å². The summed E-state index contributed by atoms with van der Waals surface area (Å²) in [6.07, 6.45) is 1.67. The molecule has 0 spiro atoms. The highest BCUT2D eigenvalue weighted by molar-refractivity contribution is 7.89. The zero-order chi connectivity index (χ0) is 24.6. The molecule has 0 aliphatic heterocycles. The normalized spacial score (nSPS) is 13.1. The molecule has 0 heterocycles. The lowest BCUT2D eigenvalue weighted by molar-refractivity contribution is -0.123. The molecule has 0 fully saturated rings. The molecule has 3 rings (SSSR count). The van der Waals surface area contributed by atoms with E-state index < -0.39 is 16.1 Å². The number of aryl methyl sites for hydroxylation is 1. The van der Waals surface area contributed by atoms with Crippen LogP contribution in [0.2, 0.25) is 5.02 Å². The third-order valence-corrected chi connectivity index (χ3v) is 7.15. The molecule has 2 atom stereocenters. The Morgan fingerprint density at radius 2 is 1.62 bits per heavy atom. The molecule has 0 saturated carbocycles. The van der Waals surface area contributed by atoms with E-state index in [1.54, 1.807) is 6.92 Å². The number of carbonyl (C=O) groups is 1. The summed E-state index contributed by atoms with van der Waals surface area (Å²) < 4.78 is 33.7. The Morgan fingerprint density at radius 3 is 2.26 bits per heavy atom. The number of hydrogen-bond donors (Lipinski definition) is 2. The Labute approximate surface area is 206 Å². The molecule has 0 aliphatic carbocycles. The van der Waals surface area contributed by atoms with Crippen LogP contribution in [0.1, 0.15) is 37.4 Å². The zero-order valence-electron chi connectivity index (χ0n) is 19.2. The van der Waals surface area contributed by atoms with Crippen LogP contribution in [-0.2, 0) is 21.2 Å². The van der Waals surface area contributed by atoms with E-state index in [-0.39, 0.29) is 34.2 Å². The molecule has 3 aromatic rings. The Morgan fingerprint density at radius 1 is 0.971 bits per heavy atom. The lowest BCUT2D eigenvalue weighted by Gasteiger charge is -2.16. The third kappa shape index (κ3) is 7.58. The fraction of sp³-hybridized carbons (Fsp3) is 0.269. The van der Waals surface area contributed by atoms with Crippen molar-refractivity contribution in [3.8, 4) is 5.75 Å². The predicted octanol–water partition coefficient (Wildman–Crippen LogP) is 4.90. The first-order chi connectivity index (χ1) is 16.2. The summed E-state index contributed by atoms with van der Waals surface area (Å²) in [4.78, 5) is 12.3. The van der Waals surface area contributed by atoms with Crippen molar-refractivity contribution in [2.45, 2.75) is 43.7 Å². The topological polar surface area (TPSA) is 84.5 Å². The lowest BCUT2D eigenvalue weighted by atomic mass is 10.1. The number of rotatable bonds is 11. The third-order valence-electron chi connectivity index (χ3n) is 5.32. The molecule has 8 heteroatoms. The smallest absolute Gasteiger partial charge is 0.258 e. The highest BCUT2D eigenvalue weighted by Gasteiger charge is 2.20. The van der Waals surface area contributed by atoms with Crippen LogP contribution in [0.15, 0.2) is 83.8 Å². The second-order valence-electron chi connectivity index (χ2n) is 8.13. The summed E-state index contributed by atoms with van der Waals surface area (Å²) in [5.41, 5.74) is 2.07. The van der Waals surface area contributed by atoms with Crippen LogP contribution in [0.3, 0.4) is 0 Å². The number of ether oxygens (including phenoxy) is 1. The molecule has 0 aliphatic rings. The van der Waals surface area contributed by atoms with Gasteiger partial charge in [-0.05, 0) is 56.0 Å². The second-order valence-corrected chi connectivity index (χ2v) is 10.2. The molecule has 3 aromatic carbocycles. The average Bonchev–Trinajstić information content (AvgIpc) is 2.83. The highest BCUT2D eigenvalue weighted by Crippen LogP contribution is 2.28. The van der Waals surface area contributed by atoms with E-state index in [1.807, 2.05) is 55.5 Å². The highest BCUT2D eigenvalue weighted by atomic mass is 35.5. The number of halogens is 1. The molecule has 2 N–H and O–H groups in total.